The third-order valence-electron chi connectivity index (χ3n) is 6.71. The molecule has 184 valence electrons. The molecule has 1 aromatic carbocycles. The van der Waals surface area contributed by atoms with Gasteiger partial charge in [0.1, 0.15) is 6.04 Å². The van der Waals surface area contributed by atoms with Gasteiger partial charge >= 0.3 is 5.97 Å². The SMILES string of the molecule is O=C(N[C@@H](CCCCCCCc1ccc2c(n1)CCCC2)C(=O)O)c1cn[nH]c1-c1ccccc1. The van der Waals surface area contributed by atoms with Gasteiger partial charge in [-0.25, -0.2) is 4.79 Å². The molecule has 3 N–H and O–H groups in total. The number of amides is 1. The topological polar surface area (TPSA) is 108 Å². The van der Waals surface area contributed by atoms with E-state index in [1.807, 2.05) is 30.3 Å². The number of hydrogen-bond acceptors (Lipinski definition) is 4. The predicted octanol–water partition coefficient (Wildman–Crippen LogP) is 5.12. The van der Waals surface area contributed by atoms with E-state index in [4.69, 9.17) is 4.98 Å². The fraction of sp³-hybridized carbons (Fsp3) is 0.429. The van der Waals surface area contributed by atoms with Gasteiger partial charge in [0, 0.05) is 17.0 Å². The van der Waals surface area contributed by atoms with E-state index in [1.165, 1.54) is 36.0 Å². The number of aromatic amines is 1. The molecule has 0 spiro atoms. The Kier molecular flexibility index (Phi) is 8.65. The number of nitrogens with zero attached hydrogens (tertiary/aromatic N) is 2. The minimum Gasteiger partial charge on any atom is -0.480 e. The number of carbonyl (C=O) groups is 2. The standard InChI is InChI=1S/C28H34N4O3/c33-27(23-19-29-32-26(23)21-12-5-4-6-13-21)31-25(28(34)35)16-8-3-1-2-7-14-22-18-17-20-11-9-10-15-24(20)30-22/h4-6,12-13,17-19,25H,1-3,7-11,14-16H2,(H,29,32)(H,31,33)(H,34,35)/t25-/m0/s1. The summed E-state index contributed by atoms with van der Waals surface area (Å²) in [5.41, 5.74) is 5.66. The molecule has 4 rings (SSSR count). The first-order valence-electron chi connectivity index (χ1n) is 12.7. The van der Waals surface area contributed by atoms with E-state index in [2.05, 4.69) is 27.6 Å². The van der Waals surface area contributed by atoms with Crippen molar-refractivity contribution < 1.29 is 14.7 Å². The van der Waals surface area contributed by atoms with Gasteiger partial charge in [-0.2, -0.15) is 5.10 Å². The molecule has 7 heteroatoms. The number of rotatable bonds is 12. The van der Waals surface area contributed by atoms with Crippen LogP contribution in [-0.4, -0.2) is 38.2 Å². The monoisotopic (exact) mass is 474 g/mol. The number of aliphatic carboxylic acids is 1. The molecular formula is C28H34N4O3. The number of hydrogen-bond donors (Lipinski definition) is 3. The Balaban J connectivity index is 1.18. The molecule has 0 bridgehead atoms. The number of carboxylic acid groups (broad SMARTS) is 1. The van der Waals surface area contributed by atoms with Crippen LogP contribution in [0.2, 0.25) is 0 Å². The first-order valence-corrected chi connectivity index (χ1v) is 12.7. The van der Waals surface area contributed by atoms with E-state index in [1.54, 1.807) is 0 Å². The number of unbranched alkanes of at least 4 members (excludes halogenated alkanes) is 4. The van der Waals surface area contributed by atoms with Crippen LogP contribution in [0.1, 0.15) is 78.7 Å². The zero-order chi connectivity index (χ0) is 24.5. The van der Waals surface area contributed by atoms with Crippen LogP contribution >= 0.6 is 0 Å². The van der Waals surface area contributed by atoms with Crippen LogP contribution < -0.4 is 5.32 Å². The third kappa shape index (κ3) is 6.78. The summed E-state index contributed by atoms with van der Waals surface area (Å²) in [5, 5.41) is 19.1. The maximum absolute atomic E-state index is 12.8. The number of carbonyl (C=O) groups excluding carboxylic acids is 1. The van der Waals surface area contributed by atoms with Gasteiger partial charge in [-0.1, -0.05) is 62.1 Å². The maximum Gasteiger partial charge on any atom is 0.326 e. The number of aromatic nitrogens is 3. The van der Waals surface area contributed by atoms with Gasteiger partial charge in [-0.3, -0.25) is 14.9 Å². The second kappa shape index (κ2) is 12.3. The van der Waals surface area contributed by atoms with Crippen molar-refractivity contribution in [2.45, 2.75) is 76.7 Å². The predicted molar refractivity (Wildman–Crippen MR) is 135 cm³/mol. The lowest BCUT2D eigenvalue weighted by Crippen LogP contribution is -2.40. The summed E-state index contributed by atoms with van der Waals surface area (Å²) in [6, 6.07) is 12.9. The molecule has 2 aromatic heterocycles. The van der Waals surface area contributed by atoms with Gasteiger partial charge in [0.15, 0.2) is 0 Å². The second-order valence-electron chi connectivity index (χ2n) is 9.31. The molecule has 1 aliphatic rings. The van der Waals surface area contributed by atoms with Crippen molar-refractivity contribution in [2.24, 2.45) is 0 Å². The summed E-state index contributed by atoms with van der Waals surface area (Å²) in [5.74, 6) is -1.44. The molecule has 2 heterocycles. The number of H-pyrrole nitrogens is 1. The van der Waals surface area contributed by atoms with Crippen LogP contribution in [0.3, 0.4) is 0 Å². The number of aryl methyl sites for hydroxylation is 3. The number of nitrogens with one attached hydrogen (secondary N) is 2. The Bertz CT molecular complexity index is 1130. The van der Waals surface area contributed by atoms with Gasteiger partial charge in [0.2, 0.25) is 0 Å². The summed E-state index contributed by atoms with van der Waals surface area (Å²) in [6.07, 6.45) is 12.6. The summed E-state index contributed by atoms with van der Waals surface area (Å²) in [4.78, 5) is 29.4. The fourth-order valence-corrected chi connectivity index (χ4v) is 4.73. The molecule has 0 aliphatic heterocycles. The number of pyridine rings is 1. The molecule has 0 saturated carbocycles. The average Bonchev–Trinajstić information content (AvgIpc) is 3.38. The number of fused-ring (bicyclic) bond motifs is 1. The minimum absolute atomic E-state index is 0.346. The van der Waals surface area contributed by atoms with Crippen LogP contribution in [-0.2, 0) is 24.1 Å². The van der Waals surface area contributed by atoms with Gasteiger partial charge in [0.05, 0.1) is 17.5 Å². The molecule has 35 heavy (non-hydrogen) atoms. The number of benzene rings is 1. The molecule has 0 saturated heterocycles. The molecule has 1 aliphatic carbocycles. The summed E-state index contributed by atoms with van der Waals surface area (Å²) in [6.45, 7) is 0. The molecule has 1 amide bonds. The van der Waals surface area contributed by atoms with Crippen LogP contribution in [0.15, 0.2) is 48.7 Å². The first-order chi connectivity index (χ1) is 17.1. The van der Waals surface area contributed by atoms with Crippen LogP contribution in [0.4, 0.5) is 0 Å². The Labute approximate surface area is 206 Å². The highest BCUT2D eigenvalue weighted by molar-refractivity contribution is 6.01. The fourth-order valence-electron chi connectivity index (χ4n) is 4.73. The van der Waals surface area contributed by atoms with E-state index < -0.39 is 17.9 Å². The highest BCUT2D eigenvalue weighted by atomic mass is 16.4. The van der Waals surface area contributed by atoms with Crippen molar-refractivity contribution in [3.8, 4) is 11.3 Å². The van der Waals surface area contributed by atoms with Crippen molar-refractivity contribution in [2.75, 3.05) is 0 Å². The van der Waals surface area contributed by atoms with E-state index in [0.29, 0.717) is 17.7 Å². The maximum atomic E-state index is 12.8. The third-order valence-corrected chi connectivity index (χ3v) is 6.71. The smallest absolute Gasteiger partial charge is 0.326 e. The molecule has 0 unspecified atom stereocenters. The molecular weight excluding hydrogens is 440 g/mol. The second-order valence-corrected chi connectivity index (χ2v) is 9.31. The first kappa shape index (κ1) is 24.6. The highest BCUT2D eigenvalue weighted by Gasteiger charge is 2.23. The highest BCUT2D eigenvalue weighted by Crippen LogP contribution is 2.22. The van der Waals surface area contributed by atoms with Gasteiger partial charge in [-0.15, -0.1) is 0 Å². The van der Waals surface area contributed by atoms with Crippen LogP contribution in [0.25, 0.3) is 11.3 Å². The zero-order valence-corrected chi connectivity index (χ0v) is 20.1. The van der Waals surface area contributed by atoms with E-state index in [9.17, 15) is 14.7 Å². The average molecular weight is 475 g/mol. The van der Waals surface area contributed by atoms with E-state index in [0.717, 1.165) is 56.9 Å². The molecule has 0 fully saturated rings. The molecule has 1 atom stereocenters. The van der Waals surface area contributed by atoms with Gasteiger partial charge in [-0.05, 0) is 56.6 Å². The lowest BCUT2D eigenvalue weighted by atomic mass is 9.95. The van der Waals surface area contributed by atoms with Crippen molar-refractivity contribution in [1.29, 1.82) is 0 Å². The summed E-state index contributed by atoms with van der Waals surface area (Å²) < 4.78 is 0. The van der Waals surface area contributed by atoms with Crippen LogP contribution in [0, 0.1) is 0 Å². The van der Waals surface area contributed by atoms with Crippen molar-refractivity contribution in [3.63, 3.8) is 0 Å². The van der Waals surface area contributed by atoms with E-state index in [-0.39, 0.29) is 0 Å². The largest absolute Gasteiger partial charge is 0.480 e. The molecule has 0 radical (unpaired) electrons. The van der Waals surface area contributed by atoms with Crippen molar-refractivity contribution in [3.05, 3.63) is 71.2 Å². The summed E-state index contributed by atoms with van der Waals surface area (Å²) >= 11 is 0. The summed E-state index contributed by atoms with van der Waals surface area (Å²) in [7, 11) is 0. The minimum atomic E-state index is -1.01. The normalized spacial score (nSPS) is 13.7. The lowest BCUT2D eigenvalue weighted by molar-refractivity contribution is -0.139. The van der Waals surface area contributed by atoms with Crippen molar-refractivity contribution >= 4 is 11.9 Å². The van der Waals surface area contributed by atoms with Crippen molar-refractivity contribution in [1.82, 2.24) is 20.5 Å². The Hall–Kier alpha value is -3.48. The Morgan fingerprint density at radius 1 is 0.971 bits per heavy atom. The Morgan fingerprint density at radius 3 is 2.57 bits per heavy atom. The van der Waals surface area contributed by atoms with Gasteiger partial charge < -0.3 is 10.4 Å². The molecule has 7 nitrogen and oxygen atoms in total. The lowest BCUT2D eigenvalue weighted by Gasteiger charge is -2.15. The molecule has 3 aromatic rings. The van der Waals surface area contributed by atoms with Crippen LogP contribution in [0.5, 0.6) is 0 Å². The zero-order valence-electron chi connectivity index (χ0n) is 20.1. The van der Waals surface area contributed by atoms with E-state index >= 15 is 0 Å². The number of carboxylic acids is 1. The Morgan fingerprint density at radius 2 is 1.74 bits per heavy atom. The quantitative estimate of drug-likeness (QED) is 0.316. The van der Waals surface area contributed by atoms with Gasteiger partial charge in [0.25, 0.3) is 5.91 Å².